The third kappa shape index (κ3) is 4.00. The van der Waals surface area contributed by atoms with Gasteiger partial charge in [-0.25, -0.2) is 9.78 Å². The molecule has 0 bridgehead atoms. The number of nitrogens with zero attached hydrogens (tertiary/aromatic N) is 2. The Bertz CT molecular complexity index is 1090. The van der Waals surface area contributed by atoms with Gasteiger partial charge < -0.3 is 10.1 Å². The summed E-state index contributed by atoms with van der Waals surface area (Å²) in [5, 5.41) is 5.18. The second-order valence-electron chi connectivity index (χ2n) is 5.35. The van der Waals surface area contributed by atoms with Crippen molar-refractivity contribution in [2.24, 2.45) is 0 Å². The third-order valence-electron chi connectivity index (χ3n) is 3.68. The number of ether oxygens (including phenoxy) is 1. The van der Waals surface area contributed by atoms with E-state index in [9.17, 15) is 14.4 Å². The van der Waals surface area contributed by atoms with Crippen LogP contribution in [0.1, 0.15) is 10.4 Å². The number of carbonyl (C=O) groups excluding carboxylic acids is 2. The van der Waals surface area contributed by atoms with Crippen molar-refractivity contribution >= 4 is 62.5 Å². The average molecular weight is 424 g/mol. The summed E-state index contributed by atoms with van der Waals surface area (Å²) in [6.07, 6.45) is 1.78. The fraction of sp³-hybridized carbons (Fsp3) is 0.176. The van der Waals surface area contributed by atoms with E-state index in [1.165, 1.54) is 46.9 Å². The Labute approximate surface area is 167 Å². The molecule has 0 saturated carbocycles. The maximum absolute atomic E-state index is 12.7. The number of amides is 1. The molecule has 3 aromatic rings. The lowest BCUT2D eigenvalue weighted by Crippen LogP contribution is -2.29. The summed E-state index contributed by atoms with van der Waals surface area (Å²) in [7, 11) is 1.24. The predicted octanol–water partition coefficient (Wildman–Crippen LogP) is 3.26. The summed E-state index contributed by atoms with van der Waals surface area (Å²) < 4.78 is 6.51. The van der Waals surface area contributed by atoms with E-state index in [2.05, 4.69) is 10.3 Å². The molecule has 7 nitrogen and oxygen atoms in total. The minimum atomic E-state index is -0.628. The van der Waals surface area contributed by atoms with Crippen LogP contribution >= 0.6 is 34.7 Å². The van der Waals surface area contributed by atoms with Crippen molar-refractivity contribution in [1.29, 1.82) is 0 Å². The lowest BCUT2D eigenvalue weighted by Gasteiger charge is -2.13. The molecule has 0 atom stereocenters. The van der Waals surface area contributed by atoms with Crippen molar-refractivity contribution in [3.8, 4) is 0 Å². The number of hydrogen-bond acceptors (Lipinski definition) is 7. The van der Waals surface area contributed by atoms with E-state index in [1.54, 1.807) is 23.8 Å². The standard InChI is InChI=1S/C17H14ClN3O4S2/c1-25-16(24)10-7-9(18)3-4-11(10)19-13(22)8-21-15(23)14-12(5-6-27-14)20-17(21)26-2/h3-7H,8H2,1-2H3,(H,19,22). The van der Waals surface area contributed by atoms with E-state index < -0.39 is 11.9 Å². The Morgan fingerprint density at radius 3 is 2.85 bits per heavy atom. The minimum Gasteiger partial charge on any atom is -0.465 e. The number of benzene rings is 1. The van der Waals surface area contributed by atoms with Crippen molar-refractivity contribution in [2.45, 2.75) is 11.7 Å². The first kappa shape index (κ1) is 19.4. The molecule has 0 aliphatic rings. The molecule has 1 N–H and O–H groups in total. The van der Waals surface area contributed by atoms with Gasteiger partial charge in [0.15, 0.2) is 5.16 Å². The molecular formula is C17H14ClN3O4S2. The zero-order chi connectivity index (χ0) is 19.6. The van der Waals surface area contributed by atoms with Crippen LogP contribution in [-0.4, -0.2) is 34.8 Å². The van der Waals surface area contributed by atoms with Crippen LogP contribution in [0.4, 0.5) is 5.69 Å². The topological polar surface area (TPSA) is 90.3 Å². The highest BCUT2D eigenvalue weighted by atomic mass is 35.5. The number of fused-ring (bicyclic) bond motifs is 1. The Balaban J connectivity index is 1.91. The number of thioether (sulfide) groups is 1. The molecule has 0 unspecified atom stereocenters. The molecule has 0 radical (unpaired) electrons. The van der Waals surface area contributed by atoms with Gasteiger partial charge in [0.25, 0.3) is 5.56 Å². The number of rotatable bonds is 5. The molecule has 0 saturated heterocycles. The Morgan fingerprint density at radius 1 is 1.37 bits per heavy atom. The van der Waals surface area contributed by atoms with Crippen LogP contribution in [0.3, 0.4) is 0 Å². The SMILES string of the molecule is COC(=O)c1cc(Cl)ccc1NC(=O)Cn1c(SC)nc2ccsc2c1=O. The van der Waals surface area contributed by atoms with E-state index in [-0.39, 0.29) is 23.4 Å². The second kappa shape index (κ2) is 8.12. The molecular weight excluding hydrogens is 410 g/mol. The van der Waals surface area contributed by atoms with Gasteiger partial charge in [-0.1, -0.05) is 23.4 Å². The van der Waals surface area contributed by atoms with Gasteiger partial charge in [0.1, 0.15) is 11.2 Å². The van der Waals surface area contributed by atoms with Crippen LogP contribution in [0.15, 0.2) is 39.6 Å². The van der Waals surface area contributed by atoms with Gasteiger partial charge in [-0.15, -0.1) is 11.3 Å². The van der Waals surface area contributed by atoms with Crippen LogP contribution in [0, 0.1) is 0 Å². The maximum atomic E-state index is 12.7. The van der Waals surface area contributed by atoms with Crippen molar-refractivity contribution in [3.63, 3.8) is 0 Å². The van der Waals surface area contributed by atoms with Crippen molar-refractivity contribution < 1.29 is 14.3 Å². The molecule has 2 heterocycles. The van der Waals surface area contributed by atoms with Gasteiger partial charge in [-0.05, 0) is 35.9 Å². The summed E-state index contributed by atoms with van der Waals surface area (Å²) in [5.41, 5.74) is 0.707. The smallest absolute Gasteiger partial charge is 0.340 e. The molecule has 0 fully saturated rings. The van der Waals surface area contributed by atoms with Crippen molar-refractivity contribution in [3.05, 3.63) is 50.6 Å². The maximum Gasteiger partial charge on any atom is 0.340 e. The highest BCUT2D eigenvalue weighted by Crippen LogP contribution is 2.22. The summed E-state index contributed by atoms with van der Waals surface area (Å²) in [6.45, 7) is -0.237. The normalized spacial score (nSPS) is 10.8. The van der Waals surface area contributed by atoms with E-state index in [1.807, 2.05) is 0 Å². The molecule has 0 aliphatic carbocycles. The molecule has 2 aromatic heterocycles. The number of thiophene rings is 1. The summed E-state index contributed by atoms with van der Waals surface area (Å²) in [5.74, 6) is -1.10. The van der Waals surface area contributed by atoms with Gasteiger partial charge >= 0.3 is 5.97 Å². The van der Waals surface area contributed by atoms with Crippen LogP contribution < -0.4 is 10.9 Å². The summed E-state index contributed by atoms with van der Waals surface area (Å²) >= 11 is 8.46. The number of esters is 1. The lowest BCUT2D eigenvalue weighted by atomic mass is 10.2. The fourth-order valence-electron chi connectivity index (χ4n) is 2.46. The molecule has 27 heavy (non-hydrogen) atoms. The molecule has 0 spiro atoms. The van der Waals surface area contributed by atoms with Gasteiger partial charge in [-0.2, -0.15) is 0 Å². The van der Waals surface area contributed by atoms with Gasteiger partial charge in [0.05, 0.1) is 23.9 Å². The number of nitrogens with one attached hydrogen (secondary N) is 1. The second-order valence-corrected chi connectivity index (χ2v) is 7.48. The molecule has 1 aromatic carbocycles. The highest BCUT2D eigenvalue weighted by molar-refractivity contribution is 7.98. The predicted molar refractivity (Wildman–Crippen MR) is 107 cm³/mol. The molecule has 10 heteroatoms. The fourth-order valence-corrected chi connectivity index (χ4v) is 3.96. The monoisotopic (exact) mass is 423 g/mol. The van der Waals surface area contributed by atoms with Gasteiger partial charge in [0, 0.05) is 5.02 Å². The first-order valence-corrected chi connectivity index (χ1v) is 10.1. The molecule has 0 aliphatic heterocycles. The minimum absolute atomic E-state index is 0.127. The quantitative estimate of drug-likeness (QED) is 0.385. The van der Waals surface area contributed by atoms with E-state index in [0.717, 1.165) is 0 Å². The largest absolute Gasteiger partial charge is 0.465 e. The Morgan fingerprint density at radius 2 is 2.15 bits per heavy atom. The Hall–Kier alpha value is -2.36. The van der Waals surface area contributed by atoms with E-state index >= 15 is 0 Å². The van der Waals surface area contributed by atoms with E-state index in [0.29, 0.717) is 20.4 Å². The van der Waals surface area contributed by atoms with Crippen LogP contribution in [0.5, 0.6) is 0 Å². The summed E-state index contributed by atoms with van der Waals surface area (Å²) in [4.78, 5) is 41.5. The first-order chi connectivity index (χ1) is 12.9. The average Bonchev–Trinajstić information content (AvgIpc) is 3.13. The number of hydrogen-bond donors (Lipinski definition) is 1. The first-order valence-electron chi connectivity index (χ1n) is 7.64. The zero-order valence-electron chi connectivity index (χ0n) is 14.3. The third-order valence-corrected chi connectivity index (χ3v) is 5.48. The van der Waals surface area contributed by atoms with Gasteiger partial charge in [-0.3, -0.25) is 14.2 Å². The number of methoxy groups -OCH3 is 1. The van der Waals surface area contributed by atoms with Crippen molar-refractivity contribution in [1.82, 2.24) is 9.55 Å². The summed E-state index contributed by atoms with van der Waals surface area (Å²) in [6, 6.07) is 6.22. The molecule has 3 rings (SSSR count). The van der Waals surface area contributed by atoms with Gasteiger partial charge in [0.2, 0.25) is 5.91 Å². The number of carbonyl (C=O) groups is 2. The van der Waals surface area contributed by atoms with Crippen LogP contribution in [-0.2, 0) is 16.1 Å². The number of anilines is 1. The highest BCUT2D eigenvalue weighted by Gasteiger charge is 2.18. The number of aromatic nitrogens is 2. The molecule has 1 amide bonds. The zero-order valence-corrected chi connectivity index (χ0v) is 16.7. The number of halogens is 1. The van der Waals surface area contributed by atoms with Crippen LogP contribution in [0.25, 0.3) is 10.2 Å². The van der Waals surface area contributed by atoms with Crippen LogP contribution in [0.2, 0.25) is 5.02 Å². The van der Waals surface area contributed by atoms with E-state index in [4.69, 9.17) is 16.3 Å². The van der Waals surface area contributed by atoms with Crippen molar-refractivity contribution in [2.75, 3.05) is 18.7 Å². The molecule has 140 valence electrons. The lowest BCUT2D eigenvalue weighted by molar-refractivity contribution is -0.116. The Kier molecular flexibility index (Phi) is 5.83.